The summed E-state index contributed by atoms with van der Waals surface area (Å²) >= 11 is 0. The molecule has 14 heavy (non-hydrogen) atoms. The van der Waals surface area contributed by atoms with Crippen LogP contribution in [0.2, 0.25) is 0 Å². The van der Waals surface area contributed by atoms with Gasteiger partial charge in [-0.2, -0.15) is 0 Å². The van der Waals surface area contributed by atoms with Crippen LogP contribution in [0.1, 0.15) is 53.4 Å². The molecule has 0 aliphatic heterocycles. The van der Waals surface area contributed by atoms with Crippen molar-refractivity contribution in [2.24, 2.45) is 23.3 Å². The monoisotopic (exact) mass is 200 g/mol. The molecule has 0 spiro atoms. The standard InChI is InChI=1S/C12H28N2/c1-9(2)11(13)7-5-6-8-12(14)10(3)4/h9-12H,5-8,13-14H2,1-4H3. The van der Waals surface area contributed by atoms with Crippen LogP contribution in [-0.2, 0) is 0 Å². The molecular weight excluding hydrogens is 172 g/mol. The van der Waals surface area contributed by atoms with Crippen LogP contribution in [0.5, 0.6) is 0 Å². The highest BCUT2D eigenvalue weighted by atomic mass is 14.6. The summed E-state index contributed by atoms with van der Waals surface area (Å²) in [6.45, 7) is 8.74. The molecule has 2 atom stereocenters. The van der Waals surface area contributed by atoms with Crippen LogP contribution in [0.25, 0.3) is 0 Å². The Morgan fingerprint density at radius 1 is 0.714 bits per heavy atom. The normalized spacial score (nSPS) is 16.3. The Bertz CT molecular complexity index is 116. The van der Waals surface area contributed by atoms with E-state index in [0.717, 1.165) is 12.8 Å². The molecule has 0 saturated carbocycles. The van der Waals surface area contributed by atoms with Crippen molar-refractivity contribution in [2.75, 3.05) is 0 Å². The molecule has 0 heterocycles. The van der Waals surface area contributed by atoms with Crippen LogP contribution in [0.3, 0.4) is 0 Å². The van der Waals surface area contributed by atoms with Gasteiger partial charge in [-0.25, -0.2) is 0 Å². The second-order valence-corrected chi connectivity index (χ2v) is 5.10. The molecule has 2 heteroatoms. The SMILES string of the molecule is CC(C)C(N)CCCCC(N)C(C)C. The van der Waals surface area contributed by atoms with Gasteiger partial charge in [-0.15, -0.1) is 0 Å². The summed E-state index contributed by atoms with van der Waals surface area (Å²) in [5.74, 6) is 1.21. The Kier molecular flexibility index (Phi) is 7.20. The van der Waals surface area contributed by atoms with Gasteiger partial charge in [0.1, 0.15) is 0 Å². The summed E-state index contributed by atoms with van der Waals surface area (Å²) in [5.41, 5.74) is 11.9. The Morgan fingerprint density at radius 2 is 1.00 bits per heavy atom. The van der Waals surface area contributed by atoms with Crippen molar-refractivity contribution in [3.63, 3.8) is 0 Å². The largest absolute Gasteiger partial charge is 0.327 e. The average Bonchev–Trinajstić information content (AvgIpc) is 2.11. The van der Waals surface area contributed by atoms with E-state index in [4.69, 9.17) is 11.5 Å². The Hall–Kier alpha value is -0.0800. The first-order chi connectivity index (χ1) is 6.45. The first-order valence-electron chi connectivity index (χ1n) is 5.96. The Balaban J connectivity index is 3.38. The molecule has 0 aromatic carbocycles. The maximum Gasteiger partial charge on any atom is 0.00618 e. The van der Waals surface area contributed by atoms with E-state index in [1.807, 2.05) is 0 Å². The third kappa shape index (κ3) is 6.39. The molecule has 2 unspecified atom stereocenters. The zero-order valence-electron chi connectivity index (χ0n) is 10.3. The Labute approximate surface area is 89.4 Å². The molecule has 0 radical (unpaired) electrons. The summed E-state index contributed by atoms with van der Waals surface area (Å²) < 4.78 is 0. The smallest absolute Gasteiger partial charge is 0.00618 e. The van der Waals surface area contributed by atoms with Crippen LogP contribution in [0.4, 0.5) is 0 Å². The summed E-state index contributed by atoms with van der Waals surface area (Å²) in [6.07, 6.45) is 4.73. The lowest BCUT2D eigenvalue weighted by Gasteiger charge is -2.17. The van der Waals surface area contributed by atoms with Gasteiger partial charge in [0.2, 0.25) is 0 Å². The highest BCUT2D eigenvalue weighted by molar-refractivity contribution is 4.68. The van der Waals surface area contributed by atoms with E-state index in [1.165, 1.54) is 12.8 Å². The lowest BCUT2D eigenvalue weighted by molar-refractivity contribution is 0.410. The number of hydrogen-bond donors (Lipinski definition) is 2. The average molecular weight is 200 g/mol. The maximum absolute atomic E-state index is 5.96. The van der Waals surface area contributed by atoms with Crippen LogP contribution < -0.4 is 11.5 Å². The van der Waals surface area contributed by atoms with E-state index in [1.54, 1.807) is 0 Å². The summed E-state index contributed by atoms with van der Waals surface area (Å²) in [7, 11) is 0. The van der Waals surface area contributed by atoms with Crippen molar-refractivity contribution >= 4 is 0 Å². The van der Waals surface area contributed by atoms with Gasteiger partial charge in [0.05, 0.1) is 0 Å². The van der Waals surface area contributed by atoms with Gasteiger partial charge in [-0.3, -0.25) is 0 Å². The van der Waals surface area contributed by atoms with Crippen molar-refractivity contribution in [1.29, 1.82) is 0 Å². The molecule has 0 rings (SSSR count). The first kappa shape index (κ1) is 13.9. The highest BCUT2D eigenvalue weighted by Crippen LogP contribution is 2.12. The second-order valence-electron chi connectivity index (χ2n) is 5.10. The summed E-state index contributed by atoms with van der Waals surface area (Å²) in [6, 6.07) is 0.732. The lowest BCUT2D eigenvalue weighted by atomic mass is 9.95. The molecule has 0 fully saturated rings. The number of rotatable bonds is 7. The van der Waals surface area contributed by atoms with E-state index in [-0.39, 0.29) is 0 Å². The fourth-order valence-corrected chi connectivity index (χ4v) is 1.43. The van der Waals surface area contributed by atoms with Crippen LogP contribution in [0.15, 0.2) is 0 Å². The van der Waals surface area contributed by atoms with E-state index < -0.39 is 0 Å². The first-order valence-corrected chi connectivity index (χ1v) is 5.96. The van der Waals surface area contributed by atoms with Gasteiger partial charge in [-0.05, 0) is 24.7 Å². The molecular formula is C12H28N2. The topological polar surface area (TPSA) is 52.0 Å². The number of hydrogen-bond acceptors (Lipinski definition) is 2. The third-order valence-electron chi connectivity index (χ3n) is 3.04. The Morgan fingerprint density at radius 3 is 1.21 bits per heavy atom. The molecule has 0 saturated heterocycles. The maximum atomic E-state index is 5.96. The van der Waals surface area contributed by atoms with Crippen LogP contribution in [0, 0.1) is 11.8 Å². The summed E-state index contributed by atoms with van der Waals surface area (Å²) in [4.78, 5) is 0. The molecule has 0 aliphatic carbocycles. The second kappa shape index (κ2) is 7.24. The van der Waals surface area contributed by atoms with E-state index in [2.05, 4.69) is 27.7 Å². The van der Waals surface area contributed by atoms with Crippen molar-refractivity contribution in [1.82, 2.24) is 0 Å². The van der Waals surface area contributed by atoms with Gasteiger partial charge >= 0.3 is 0 Å². The van der Waals surface area contributed by atoms with Gasteiger partial charge in [-0.1, -0.05) is 40.5 Å². The van der Waals surface area contributed by atoms with E-state index in [0.29, 0.717) is 23.9 Å². The molecule has 0 bridgehead atoms. The zero-order chi connectivity index (χ0) is 11.1. The molecule has 4 N–H and O–H groups in total. The van der Waals surface area contributed by atoms with Gasteiger partial charge in [0, 0.05) is 12.1 Å². The van der Waals surface area contributed by atoms with Crippen molar-refractivity contribution in [3.8, 4) is 0 Å². The van der Waals surface area contributed by atoms with Gasteiger partial charge in [0.15, 0.2) is 0 Å². The van der Waals surface area contributed by atoms with Crippen molar-refractivity contribution in [3.05, 3.63) is 0 Å². The van der Waals surface area contributed by atoms with Gasteiger partial charge in [0.25, 0.3) is 0 Å². The number of unbranched alkanes of at least 4 members (excludes halogenated alkanes) is 1. The molecule has 0 aromatic heterocycles. The van der Waals surface area contributed by atoms with Crippen molar-refractivity contribution < 1.29 is 0 Å². The highest BCUT2D eigenvalue weighted by Gasteiger charge is 2.09. The van der Waals surface area contributed by atoms with Crippen LogP contribution in [-0.4, -0.2) is 12.1 Å². The fourth-order valence-electron chi connectivity index (χ4n) is 1.43. The minimum Gasteiger partial charge on any atom is -0.327 e. The summed E-state index contributed by atoms with van der Waals surface area (Å²) in [5, 5.41) is 0. The fraction of sp³-hybridized carbons (Fsp3) is 1.00. The van der Waals surface area contributed by atoms with Crippen molar-refractivity contribution in [2.45, 2.75) is 65.5 Å². The molecule has 2 nitrogen and oxygen atoms in total. The van der Waals surface area contributed by atoms with Gasteiger partial charge < -0.3 is 11.5 Å². The third-order valence-corrected chi connectivity index (χ3v) is 3.04. The minimum absolute atomic E-state index is 0.366. The molecule has 0 amide bonds. The predicted octanol–water partition coefficient (Wildman–Crippen LogP) is 2.51. The molecule has 0 aromatic rings. The van der Waals surface area contributed by atoms with Crippen LogP contribution >= 0.6 is 0 Å². The minimum atomic E-state index is 0.366. The lowest BCUT2D eigenvalue weighted by Crippen LogP contribution is -2.27. The quantitative estimate of drug-likeness (QED) is 0.620. The number of nitrogens with two attached hydrogens (primary N) is 2. The zero-order valence-corrected chi connectivity index (χ0v) is 10.3. The predicted molar refractivity (Wildman–Crippen MR) is 64.1 cm³/mol. The molecule has 86 valence electrons. The van der Waals surface area contributed by atoms with E-state index >= 15 is 0 Å². The molecule has 0 aliphatic rings. The van der Waals surface area contributed by atoms with E-state index in [9.17, 15) is 0 Å².